The minimum Gasteiger partial charge on any atom is -0.486 e. The van der Waals surface area contributed by atoms with Gasteiger partial charge in [0.2, 0.25) is 0 Å². The van der Waals surface area contributed by atoms with Crippen LogP contribution in [0.5, 0.6) is 5.75 Å². The Hall–Kier alpha value is -3.80. The SMILES string of the molecule is Cc1nn(C)c(C)c1NC(=O)c1ccc(COc2ccc(C(C)(C)c3ccccc3)cc2)o1. The highest BCUT2D eigenvalue weighted by Gasteiger charge is 2.22. The molecule has 6 nitrogen and oxygen atoms in total. The molecule has 2 aromatic carbocycles. The maximum absolute atomic E-state index is 12.6. The molecule has 0 saturated carbocycles. The Morgan fingerprint density at radius 3 is 2.30 bits per heavy atom. The minimum atomic E-state index is -0.312. The Morgan fingerprint density at radius 2 is 1.67 bits per heavy atom. The van der Waals surface area contributed by atoms with Crippen molar-refractivity contribution in [1.29, 1.82) is 0 Å². The maximum Gasteiger partial charge on any atom is 0.291 e. The third-order valence-electron chi connectivity index (χ3n) is 6.09. The van der Waals surface area contributed by atoms with E-state index in [2.05, 4.69) is 60.7 Å². The fourth-order valence-corrected chi connectivity index (χ4v) is 3.85. The normalized spacial score (nSPS) is 11.4. The van der Waals surface area contributed by atoms with Gasteiger partial charge in [-0.05, 0) is 49.2 Å². The van der Waals surface area contributed by atoms with Gasteiger partial charge in [0.15, 0.2) is 5.76 Å². The molecule has 0 unspecified atom stereocenters. The summed E-state index contributed by atoms with van der Waals surface area (Å²) in [5.41, 5.74) is 4.71. The van der Waals surface area contributed by atoms with Gasteiger partial charge in [0.05, 0.1) is 17.1 Å². The van der Waals surface area contributed by atoms with Crippen molar-refractivity contribution in [2.24, 2.45) is 7.05 Å². The summed E-state index contributed by atoms with van der Waals surface area (Å²) in [5, 5.41) is 7.19. The quantitative estimate of drug-likeness (QED) is 0.393. The number of nitrogens with zero attached hydrogens (tertiary/aromatic N) is 2. The largest absolute Gasteiger partial charge is 0.486 e. The van der Waals surface area contributed by atoms with Gasteiger partial charge in [-0.3, -0.25) is 9.48 Å². The molecule has 0 aliphatic heterocycles. The van der Waals surface area contributed by atoms with Gasteiger partial charge < -0.3 is 14.5 Å². The third kappa shape index (κ3) is 4.70. The van der Waals surface area contributed by atoms with Crippen molar-refractivity contribution in [2.45, 2.75) is 39.7 Å². The summed E-state index contributed by atoms with van der Waals surface area (Å²) in [4.78, 5) is 12.6. The van der Waals surface area contributed by atoms with Gasteiger partial charge >= 0.3 is 0 Å². The smallest absolute Gasteiger partial charge is 0.291 e. The lowest BCUT2D eigenvalue weighted by Gasteiger charge is -2.26. The summed E-state index contributed by atoms with van der Waals surface area (Å²) < 4.78 is 13.3. The summed E-state index contributed by atoms with van der Waals surface area (Å²) in [6, 6.07) is 21.9. The number of aryl methyl sites for hydroxylation is 2. The first-order valence-corrected chi connectivity index (χ1v) is 10.9. The van der Waals surface area contributed by atoms with Crippen molar-refractivity contribution in [3.05, 3.63) is 101 Å². The van der Waals surface area contributed by atoms with Crippen LogP contribution in [0.2, 0.25) is 0 Å². The Morgan fingerprint density at radius 1 is 1.00 bits per heavy atom. The van der Waals surface area contributed by atoms with Crippen LogP contribution in [0.25, 0.3) is 0 Å². The zero-order valence-electron chi connectivity index (χ0n) is 19.7. The van der Waals surface area contributed by atoms with E-state index >= 15 is 0 Å². The molecule has 0 fully saturated rings. The van der Waals surface area contributed by atoms with E-state index in [4.69, 9.17) is 9.15 Å². The van der Waals surface area contributed by atoms with E-state index in [1.807, 2.05) is 39.1 Å². The Balaban J connectivity index is 1.38. The van der Waals surface area contributed by atoms with E-state index in [9.17, 15) is 4.79 Å². The highest BCUT2D eigenvalue weighted by atomic mass is 16.5. The van der Waals surface area contributed by atoms with Crippen LogP contribution >= 0.6 is 0 Å². The van der Waals surface area contributed by atoms with Gasteiger partial charge in [-0.25, -0.2) is 0 Å². The number of benzene rings is 2. The number of carbonyl (C=O) groups excluding carboxylic acids is 1. The number of nitrogens with one attached hydrogen (secondary N) is 1. The van der Waals surface area contributed by atoms with Crippen molar-refractivity contribution < 1.29 is 13.9 Å². The van der Waals surface area contributed by atoms with E-state index in [1.165, 1.54) is 11.1 Å². The molecule has 4 rings (SSSR count). The Labute approximate surface area is 194 Å². The van der Waals surface area contributed by atoms with Crippen LogP contribution in [0, 0.1) is 13.8 Å². The number of carbonyl (C=O) groups is 1. The molecule has 33 heavy (non-hydrogen) atoms. The average Bonchev–Trinajstić information content (AvgIpc) is 3.39. The molecule has 170 valence electrons. The lowest BCUT2D eigenvalue weighted by atomic mass is 9.78. The molecule has 1 amide bonds. The second-order valence-electron chi connectivity index (χ2n) is 8.69. The number of anilines is 1. The van der Waals surface area contributed by atoms with Gasteiger partial charge in [0, 0.05) is 12.5 Å². The van der Waals surface area contributed by atoms with Crippen molar-refractivity contribution in [1.82, 2.24) is 9.78 Å². The summed E-state index contributed by atoms with van der Waals surface area (Å²) in [5.74, 6) is 1.24. The van der Waals surface area contributed by atoms with Crippen LogP contribution in [-0.4, -0.2) is 15.7 Å². The molecule has 0 aliphatic carbocycles. The highest BCUT2D eigenvalue weighted by molar-refractivity contribution is 6.02. The number of furan rings is 1. The molecule has 0 radical (unpaired) electrons. The zero-order chi connectivity index (χ0) is 23.6. The van der Waals surface area contributed by atoms with Crippen LogP contribution in [0.4, 0.5) is 5.69 Å². The van der Waals surface area contributed by atoms with Gasteiger partial charge in [-0.15, -0.1) is 0 Å². The average molecular weight is 444 g/mol. The van der Waals surface area contributed by atoms with Crippen LogP contribution in [0.15, 0.2) is 71.1 Å². The lowest BCUT2D eigenvalue weighted by molar-refractivity contribution is 0.0992. The first-order valence-electron chi connectivity index (χ1n) is 10.9. The minimum absolute atomic E-state index is 0.103. The number of amides is 1. The number of rotatable bonds is 7. The van der Waals surface area contributed by atoms with Gasteiger partial charge in [-0.2, -0.15) is 5.10 Å². The van der Waals surface area contributed by atoms with Crippen molar-refractivity contribution in [2.75, 3.05) is 5.32 Å². The number of hydrogen-bond donors (Lipinski definition) is 1. The predicted molar refractivity (Wildman–Crippen MR) is 129 cm³/mol. The van der Waals surface area contributed by atoms with Crippen molar-refractivity contribution >= 4 is 11.6 Å². The van der Waals surface area contributed by atoms with E-state index in [1.54, 1.807) is 16.8 Å². The predicted octanol–water partition coefficient (Wildman–Crippen LogP) is 5.79. The molecule has 2 heterocycles. The van der Waals surface area contributed by atoms with Gasteiger partial charge in [-0.1, -0.05) is 56.3 Å². The zero-order valence-corrected chi connectivity index (χ0v) is 19.7. The Bertz CT molecular complexity index is 1250. The summed E-state index contributed by atoms with van der Waals surface area (Å²) in [6.45, 7) is 8.42. The van der Waals surface area contributed by atoms with Crippen LogP contribution in [-0.2, 0) is 19.1 Å². The van der Waals surface area contributed by atoms with Crippen LogP contribution < -0.4 is 10.1 Å². The summed E-state index contributed by atoms with van der Waals surface area (Å²) in [6.07, 6.45) is 0. The second-order valence-corrected chi connectivity index (χ2v) is 8.69. The monoisotopic (exact) mass is 443 g/mol. The highest BCUT2D eigenvalue weighted by Crippen LogP contribution is 2.32. The first-order chi connectivity index (χ1) is 15.8. The number of hydrogen-bond acceptors (Lipinski definition) is 4. The molecule has 2 aromatic heterocycles. The standard InChI is InChI=1S/C27H29N3O3/c1-18-25(19(2)30(5)29-18)28-26(31)24-16-15-23(33-24)17-32-22-13-11-21(12-14-22)27(3,4)20-9-7-6-8-10-20/h6-16H,17H2,1-5H3,(H,28,31). The van der Waals surface area contributed by atoms with E-state index in [-0.39, 0.29) is 23.7 Å². The van der Waals surface area contributed by atoms with E-state index in [0.29, 0.717) is 11.4 Å². The van der Waals surface area contributed by atoms with Gasteiger partial charge in [0.1, 0.15) is 18.1 Å². The topological polar surface area (TPSA) is 69.3 Å². The molecule has 0 atom stereocenters. The molecule has 0 aliphatic rings. The third-order valence-corrected chi connectivity index (χ3v) is 6.09. The molecular formula is C27H29N3O3. The summed E-state index contributed by atoms with van der Waals surface area (Å²) in [7, 11) is 1.84. The van der Waals surface area contributed by atoms with Crippen molar-refractivity contribution in [3.63, 3.8) is 0 Å². The van der Waals surface area contributed by atoms with Crippen LogP contribution in [0.1, 0.15) is 52.7 Å². The second kappa shape index (κ2) is 8.98. The van der Waals surface area contributed by atoms with E-state index < -0.39 is 0 Å². The molecule has 1 N–H and O–H groups in total. The maximum atomic E-state index is 12.6. The molecule has 4 aromatic rings. The molecule has 6 heteroatoms. The van der Waals surface area contributed by atoms with Crippen LogP contribution in [0.3, 0.4) is 0 Å². The van der Waals surface area contributed by atoms with Crippen molar-refractivity contribution in [3.8, 4) is 5.75 Å². The first kappa shape index (κ1) is 22.4. The number of ether oxygens (including phenoxy) is 1. The lowest BCUT2D eigenvalue weighted by Crippen LogP contribution is -2.18. The van der Waals surface area contributed by atoms with Gasteiger partial charge in [0.25, 0.3) is 5.91 Å². The molecule has 0 saturated heterocycles. The Kier molecular flexibility index (Phi) is 6.09. The molecule has 0 bridgehead atoms. The molecule has 0 spiro atoms. The fraction of sp³-hybridized carbons (Fsp3) is 0.259. The number of aromatic nitrogens is 2. The fourth-order valence-electron chi connectivity index (χ4n) is 3.85. The summed E-state index contributed by atoms with van der Waals surface area (Å²) >= 11 is 0. The van der Waals surface area contributed by atoms with E-state index in [0.717, 1.165) is 17.1 Å². The molecular weight excluding hydrogens is 414 g/mol.